The zero-order valence-electron chi connectivity index (χ0n) is 12.0. The fraction of sp³-hybridized carbons (Fsp3) is 0.714. The molecule has 0 atom stereocenters. The first-order valence-corrected chi connectivity index (χ1v) is 7.18. The molecule has 0 saturated carbocycles. The van der Waals surface area contributed by atoms with Crippen LogP contribution in [0, 0.1) is 6.92 Å². The molecule has 2 rings (SSSR count). The first kappa shape index (κ1) is 15.0. The minimum Gasteiger partial charge on any atom is -0.481 e. The molecule has 2 heterocycles. The molecule has 1 aromatic heterocycles. The lowest BCUT2D eigenvalue weighted by Crippen LogP contribution is -2.38. The van der Waals surface area contributed by atoms with Crippen LogP contribution < -0.4 is 0 Å². The predicted octanol–water partition coefficient (Wildman–Crippen LogP) is 1.15. The summed E-state index contributed by atoms with van der Waals surface area (Å²) in [6.07, 6.45) is 6.14. The number of aliphatic carboxylic acids is 1. The van der Waals surface area contributed by atoms with Gasteiger partial charge in [0.25, 0.3) is 0 Å². The third-order valence-corrected chi connectivity index (χ3v) is 3.78. The van der Waals surface area contributed by atoms with Crippen LogP contribution in [-0.4, -0.2) is 57.9 Å². The van der Waals surface area contributed by atoms with Gasteiger partial charge in [0.1, 0.15) is 5.82 Å². The average Bonchev–Trinajstić information content (AvgIpc) is 2.83. The second kappa shape index (κ2) is 7.40. The van der Waals surface area contributed by atoms with E-state index in [1.807, 2.05) is 19.3 Å². The average molecular weight is 281 g/mol. The molecule has 1 aromatic rings. The zero-order valence-corrected chi connectivity index (χ0v) is 12.0. The van der Waals surface area contributed by atoms with Crippen molar-refractivity contribution < 1.29 is 14.6 Å². The summed E-state index contributed by atoms with van der Waals surface area (Å²) in [5, 5.41) is 8.57. The van der Waals surface area contributed by atoms with Gasteiger partial charge >= 0.3 is 5.97 Å². The highest BCUT2D eigenvalue weighted by atomic mass is 16.5. The number of ether oxygens (including phenoxy) is 1. The van der Waals surface area contributed by atoms with E-state index >= 15 is 0 Å². The summed E-state index contributed by atoms with van der Waals surface area (Å²) in [4.78, 5) is 17.1. The fourth-order valence-electron chi connectivity index (χ4n) is 2.50. The van der Waals surface area contributed by atoms with Crippen molar-refractivity contribution in [2.45, 2.75) is 38.8 Å². The molecule has 0 bridgehead atoms. The minimum absolute atomic E-state index is 0.0973. The third kappa shape index (κ3) is 4.61. The van der Waals surface area contributed by atoms with E-state index in [9.17, 15) is 4.79 Å². The summed E-state index contributed by atoms with van der Waals surface area (Å²) < 4.78 is 7.75. The Morgan fingerprint density at radius 1 is 1.45 bits per heavy atom. The standard InChI is InChI=1S/C14H23N3O3/c1-12-15-5-8-17(12)10-9-16-6-2-13(3-7-16)20-11-4-14(18)19/h5,8,13H,2-4,6-7,9-11H2,1H3,(H,18,19). The Morgan fingerprint density at radius 3 is 2.80 bits per heavy atom. The van der Waals surface area contributed by atoms with Crippen molar-refractivity contribution >= 4 is 5.97 Å². The number of aryl methyl sites for hydroxylation is 1. The largest absolute Gasteiger partial charge is 0.481 e. The van der Waals surface area contributed by atoms with Crippen molar-refractivity contribution in [2.75, 3.05) is 26.2 Å². The van der Waals surface area contributed by atoms with Crippen molar-refractivity contribution in [3.8, 4) is 0 Å². The molecule has 6 nitrogen and oxygen atoms in total. The summed E-state index contributed by atoms with van der Waals surface area (Å²) in [6.45, 7) is 6.38. The van der Waals surface area contributed by atoms with Crippen LogP contribution in [0.3, 0.4) is 0 Å². The van der Waals surface area contributed by atoms with Crippen molar-refractivity contribution in [3.05, 3.63) is 18.2 Å². The molecule has 0 radical (unpaired) electrons. The van der Waals surface area contributed by atoms with Crippen LogP contribution in [-0.2, 0) is 16.1 Å². The van der Waals surface area contributed by atoms with Gasteiger partial charge in [0.2, 0.25) is 0 Å². The molecule has 1 N–H and O–H groups in total. The fourth-order valence-corrected chi connectivity index (χ4v) is 2.50. The number of rotatable bonds is 7. The number of carboxylic acids is 1. The molecule has 1 fully saturated rings. The van der Waals surface area contributed by atoms with Crippen molar-refractivity contribution in [1.29, 1.82) is 0 Å². The van der Waals surface area contributed by atoms with Crippen molar-refractivity contribution in [1.82, 2.24) is 14.5 Å². The van der Waals surface area contributed by atoms with E-state index < -0.39 is 5.97 Å². The molecule has 112 valence electrons. The maximum atomic E-state index is 10.4. The smallest absolute Gasteiger partial charge is 0.305 e. The van der Waals surface area contributed by atoms with Crippen molar-refractivity contribution in [2.24, 2.45) is 0 Å². The van der Waals surface area contributed by atoms with Gasteiger partial charge in [0.05, 0.1) is 19.1 Å². The van der Waals surface area contributed by atoms with Gasteiger partial charge in [0.15, 0.2) is 0 Å². The Labute approximate surface area is 119 Å². The number of carboxylic acid groups (broad SMARTS) is 1. The van der Waals surface area contributed by atoms with E-state index in [1.165, 1.54) is 0 Å². The normalized spacial score (nSPS) is 17.4. The maximum Gasteiger partial charge on any atom is 0.305 e. The number of hydrogen-bond donors (Lipinski definition) is 1. The Balaban J connectivity index is 1.62. The minimum atomic E-state index is -0.793. The monoisotopic (exact) mass is 281 g/mol. The number of piperidine rings is 1. The summed E-state index contributed by atoms with van der Waals surface area (Å²) in [6, 6.07) is 0. The highest BCUT2D eigenvalue weighted by Crippen LogP contribution is 2.14. The topological polar surface area (TPSA) is 67.6 Å². The molecule has 1 aliphatic heterocycles. The molecule has 1 saturated heterocycles. The number of likely N-dealkylation sites (tertiary alicyclic amines) is 1. The summed E-state index contributed by atoms with van der Waals surface area (Å²) in [5.74, 6) is 0.259. The van der Waals surface area contributed by atoms with Gasteiger partial charge in [0, 0.05) is 38.6 Å². The number of imidazole rings is 1. The summed E-state index contributed by atoms with van der Waals surface area (Å²) in [5.41, 5.74) is 0. The van der Waals surface area contributed by atoms with Crippen LogP contribution in [0.4, 0.5) is 0 Å². The van der Waals surface area contributed by atoms with Gasteiger partial charge in [-0.25, -0.2) is 4.98 Å². The Bertz CT molecular complexity index is 425. The molecule has 0 spiro atoms. The van der Waals surface area contributed by atoms with Crippen LogP contribution >= 0.6 is 0 Å². The van der Waals surface area contributed by atoms with Gasteiger partial charge in [-0.3, -0.25) is 4.79 Å². The SMILES string of the molecule is Cc1nccn1CCN1CCC(OCCC(=O)O)CC1. The zero-order chi connectivity index (χ0) is 14.4. The molecule has 6 heteroatoms. The molecule has 0 unspecified atom stereocenters. The van der Waals surface area contributed by atoms with E-state index in [1.54, 1.807) is 0 Å². The molecular weight excluding hydrogens is 258 g/mol. The molecule has 1 aliphatic rings. The van der Waals surface area contributed by atoms with Crippen LogP contribution in [0.5, 0.6) is 0 Å². The summed E-state index contributed by atoms with van der Waals surface area (Å²) in [7, 11) is 0. The first-order chi connectivity index (χ1) is 9.65. The summed E-state index contributed by atoms with van der Waals surface area (Å²) >= 11 is 0. The quantitative estimate of drug-likeness (QED) is 0.812. The Hall–Kier alpha value is -1.40. The van der Waals surface area contributed by atoms with E-state index in [-0.39, 0.29) is 12.5 Å². The van der Waals surface area contributed by atoms with Gasteiger partial charge in [-0.2, -0.15) is 0 Å². The van der Waals surface area contributed by atoms with Crippen molar-refractivity contribution in [3.63, 3.8) is 0 Å². The third-order valence-electron chi connectivity index (χ3n) is 3.78. The second-order valence-electron chi connectivity index (χ2n) is 5.22. The van der Waals surface area contributed by atoms with Crippen LogP contribution in [0.25, 0.3) is 0 Å². The van der Waals surface area contributed by atoms with E-state index in [0.29, 0.717) is 6.61 Å². The lowest BCUT2D eigenvalue weighted by molar-refractivity contribution is -0.138. The Kier molecular flexibility index (Phi) is 5.55. The number of nitrogens with zero attached hydrogens (tertiary/aromatic N) is 3. The highest BCUT2D eigenvalue weighted by Gasteiger charge is 2.19. The predicted molar refractivity (Wildman–Crippen MR) is 74.6 cm³/mol. The maximum absolute atomic E-state index is 10.4. The van der Waals surface area contributed by atoms with E-state index in [0.717, 1.165) is 44.8 Å². The van der Waals surface area contributed by atoms with E-state index in [4.69, 9.17) is 9.84 Å². The van der Waals surface area contributed by atoms with Crippen LogP contribution in [0.1, 0.15) is 25.1 Å². The van der Waals surface area contributed by atoms with Crippen LogP contribution in [0.2, 0.25) is 0 Å². The number of carbonyl (C=O) groups is 1. The second-order valence-corrected chi connectivity index (χ2v) is 5.22. The molecule has 0 amide bonds. The number of aromatic nitrogens is 2. The molecule has 0 aromatic carbocycles. The lowest BCUT2D eigenvalue weighted by atomic mass is 10.1. The molecule has 0 aliphatic carbocycles. The van der Waals surface area contributed by atoms with Gasteiger partial charge in [-0.15, -0.1) is 0 Å². The van der Waals surface area contributed by atoms with E-state index in [2.05, 4.69) is 14.5 Å². The highest BCUT2D eigenvalue weighted by molar-refractivity contribution is 5.66. The van der Waals surface area contributed by atoms with Crippen LogP contribution in [0.15, 0.2) is 12.4 Å². The van der Waals surface area contributed by atoms with Gasteiger partial charge in [-0.05, 0) is 19.8 Å². The van der Waals surface area contributed by atoms with Gasteiger partial charge in [-0.1, -0.05) is 0 Å². The first-order valence-electron chi connectivity index (χ1n) is 7.18. The van der Waals surface area contributed by atoms with Gasteiger partial charge < -0.3 is 19.3 Å². The number of hydrogen-bond acceptors (Lipinski definition) is 4. The molecule has 20 heavy (non-hydrogen) atoms. The Morgan fingerprint density at radius 2 is 2.20 bits per heavy atom. The lowest BCUT2D eigenvalue weighted by Gasteiger charge is -2.31. The molecular formula is C14H23N3O3.